The van der Waals surface area contributed by atoms with Crippen LogP contribution in [0.1, 0.15) is 47.6 Å². The van der Waals surface area contributed by atoms with Gasteiger partial charge in [-0.1, -0.05) is 65.7 Å². The van der Waals surface area contributed by atoms with Crippen LogP contribution < -0.4 is 5.32 Å². The van der Waals surface area contributed by atoms with E-state index in [-0.39, 0.29) is 12.3 Å². The first-order valence-electron chi connectivity index (χ1n) is 10.9. The molecule has 0 fully saturated rings. The Bertz CT molecular complexity index is 1170. The van der Waals surface area contributed by atoms with Crippen LogP contribution in [0.2, 0.25) is 10.0 Å². The summed E-state index contributed by atoms with van der Waals surface area (Å²) < 4.78 is 4.79. The van der Waals surface area contributed by atoms with Gasteiger partial charge >= 0.3 is 5.97 Å². The Morgan fingerprint density at radius 3 is 2.45 bits per heavy atom. The highest BCUT2D eigenvalue weighted by Gasteiger charge is 2.21. The molecule has 1 aliphatic carbocycles. The van der Waals surface area contributed by atoms with Crippen molar-refractivity contribution in [3.05, 3.63) is 93.0 Å². The SMILES string of the molecule is COC(=O)C[C@H](NC(=O)CCCc1ccc2c(c1)-c1ccccc1C2)c1cc(Cl)cc(Cl)c1. The summed E-state index contributed by atoms with van der Waals surface area (Å²) in [5, 5.41) is 3.83. The summed E-state index contributed by atoms with van der Waals surface area (Å²) in [6.45, 7) is 0. The Hall–Kier alpha value is -2.82. The lowest BCUT2D eigenvalue weighted by molar-refractivity contribution is -0.141. The highest BCUT2D eigenvalue weighted by molar-refractivity contribution is 6.34. The summed E-state index contributed by atoms with van der Waals surface area (Å²) in [5.74, 6) is -0.554. The number of esters is 1. The van der Waals surface area contributed by atoms with Gasteiger partial charge in [-0.05, 0) is 70.8 Å². The standard InChI is InChI=1S/C27H25Cl2NO3/c1-33-27(32)16-25(20-13-21(28)15-22(29)14-20)30-26(31)8-4-5-17-9-10-19-12-18-6-2-3-7-23(18)24(19)11-17/h2-3,6-7,9-11,13-15,25H,4-5,8,12,16H2,1H3,(H,30,31)/t25-/m0/s1. The van der Waals surface area contributed by atoms with Gasteiger partial charge in [0.25, 0.3) is 0 Å². The molecule has 6 heteroatoms. The molecule has 0 heterocycles. The fourth-order valence-corrected chi connectivity index (χ4v) is 4.87. The van der Waals surface area contributed by atoms with Gasteiger partial charge in [-0.25, -0.2) is 0 Å². The Morgan fingerprint density at radius 1 is 0.970 bits per heavy atom. The molecule has 4 rings (SSSR count). The van der Waals surface area contributed by atoms with Crippen LogP contribution in [-0.4, -0.2) is 19.0 Å². The van der Waals surface area contributed by atoms with Crippen LogP contribution in [0.5, 0.6) is 0 Å². The van der Waals surface area contributed by atoms with Crippen molar-refractivity contribution in [1.29, 1.82) is 0 Å². The molecule has 1 aliphatic rings. The van der Waals surface area contributed by atoms with Crippen molar-refractivity contribution in [2.45, 2.75) is 38.1 Å². The zero-order chi connectivity index (χ0) is 23.4. The first kappa shape index (κ1) is 23.3. The number of amides is 1. The van der Waals surface area contributed by atoms with Gasteiger partial charge in [-0.3, -0.25) is 9.59 Å². The first-order chi connectivity index (χ1) is 15.9. The van der Waals surface area contributed by atoms with Crippen molar-refractivity contribution < 1.29 is 14.3 Å². The molecular weight excluding hydrogens is 457 g/mol. The minimum absolute atomic E-state index is 0.00312. The molecule has 0 spiro atoms. The average molecular weight is 482 g/mol. The molecule has 4 nitrogen and oxygen atoms in total. The molecule has 1 amide bonds. The third kappa shape index (κ3) is 5.76. The highest BCUT2D eigenvalue weighted by atomic mass is 35.5. The zero-order valence-corrected chi connectivity index (χ0v) is 19.9. The van der Waals surface area contributed by atoms with Gasteiger partial charge in [0.1, 0.15) is 0 Å². The number of aryl methyl sites for hydroxylation is 1. The predicted octanol–water partition coefficient (Wildman–Crippen LogP) is 6.31. The van der Waals surface area contributed by atoms with Crippen molar-refractivity contribution in [3.63, 3.8) is 0 Å². The van der Waals surface area contributed by atoms with E-state index in [0.29, 0.717) is 28.5 Å². The summed E-state index contributed by atoms with van der Waals surface area (Å²) in [7, 11) is 1.32. The molecule has 0 saturated carbocycles. The summed E-state index contributed by atoms with van der Waals surface area (Å²) in [6, 6.07) is 19.5. The molecule has 0 radical (unpaired) electrons. The van der Waals surface area contributed by atoms with Gasteiger partial charge in [-0.15, -0.1) is 0 Å². The normalized spacial score (nSPS) is 12.6. The van der Waals surface area contributed by atoms with Crippen molar-refractivity contribution >= 4 is 35.1 Å². The monoisotopic (exact) mass is 481 g/mol. The maximum Gasteiger partial charge on any atom is 0.307 e. The van der Waals surface area contributed by atoms with Crippen LogP contribution in [0.15, 0.2) is 60.7 Å². The minimum atomic E-state index is -0.558. The van der Waals surface area contributed by atoms with Crippen LogP contribution in [0.3, 0.4) is 0 Å². The Labute approximate surface area is 203 Å². The van der Waals surface area contributed by atoms with Crippen LogP contribution in [-0.2, 0) is 27.2 Å². The maximum atomic E-state index is 12.7. The second-order valence-electron chi connectivity index (χ2n) is 8.28. The average Bonchev–Trinajstić information content (AvgIpc) is 3.16. The minimum Gasteiger partial charge on any atom is -0.469 e. The van der Waals surface area contributed by atoms with E-state index >= 15 is 0 Å². The second kappa shape index (κ2) is 10.4. The van der Waals surface area contributed by atoms with Crippen LogP contribution in [0.25, 0.3) is 11.1 Å². The number of hydrogen-bond acceptors (Lipinski definition) is 3. The van der Waals surface area contributed by atoms with E-state index in [4.69, 9.17) is 27.9 Å². The summed E-state index contributed by atoms with van der Waals surface area (Å²) >= 11 is 12.2. The number of methoxy groups -OCH3 is 1. The molecule has 0 aliphatic heterocycles. The fraction of sp³-hybridized carbons (Fsp3) is 0.259. The smallest absolute Gasteiger partial charge is 0.307 e. The summed E-state index contributed by atoms with van der Waals surface area (Å²) in [4.78, 5) is 24.6. The lowest BCUT2D eigenvalue weighted by Gasteiger charge is -2.19. The van der Waals surface area contributed by atoms with E-state index in [2.05, 4.69) is 47.8 Å². The summed E-state index contributed by atoms with van der Waals surface area (Å²) in [6.07, 6.45) is 2.83. The molecule has 0 aromatic heterocycles. The first-order valence-corrected chi connectivity index (χ1v) is 11.7. The number of fused-ring (bicyclic) bond motifs is 3. The number of benzene rings is 3. The maximum absolute atomic E-state index is 12.7. The molecule has 1 N–H and O–H groups in total. The molecule has 170 valence electrons. The third-order valence-corrected chi connectivity index (χ3v) is 6.39. The van der Waals surface area contributed by atoms with Crippen molar-refractivity contribution in [3.8, 4) is 11.1 Å². The number of hydrogen-bond donors (Lipinski definition) is 1. The molecule has 33 heavy (non-hydrogen) atoms. The molecule has 0 unspecified atom stereocenters. The quantitative estimate of drug-likeness (QED) is 0.300. The highest BCUT2D eigenvalue weighted by Crippen LogP contribution is 2.37. The fourth-order valence-electron chi connectivity index (χ4n) is 4.32. The molecule has 0 bridgehead atoms. The largest absolute Gasteiger partial charge is 0.469 e. The van der Waals surface area contributed by atoms with Gasteiger partial charge in [0.05, 0.1) is 19.6 Å². The number of carbonyl (C=O) groups excluding carboxylic acids is 2. The van der Waals surface area contributed by atoms with Gasteiger partial charge in [0.2, 0.25) is 5.91 Å². The lowest BCUT2D eigenvalue weighted by Crippen LogP contribution is -2.30. The molecule has 1 atom stereocenters. The van der Waals surface area contributed by atoms with E-state index in [1.54, 1.807) is 18.2 Å². The summed E-state index contributed by atoms with van der Waals surface area (Å²) in [5.41, 5.74) is 7.20. The van der Waals surface area contributed by atoms with Gasteiger partial charge in [-0.2, -0.15) is 0 Å². The van der Waals surface area contributed by atoms with E-state index in [1.165, 1.54) is 34.9 Å². The lowest BCUT2D eigenvalue weighted by atomic mass is 9.99. The molecule has 3 aromatic carbocycles. The number of nitrogens with one attached hydrogen (secondary N) is 1. The molecule has 0 saturated heterocycles. The zero-order valence-electron chi connectivity index (χ0n) is 18.4. The topological polar surface area (TPSA) is 55.4 Å². The van der Waals surface area contributed by atoms with Crippen LogP contribution >= 0.6 is 23.2 Å². The van der Waals surface area contributed by atoms with Crippen LogP contribution in [0.4, 0.5) is 0 Å². The number of carbonyl (C=O) groups is 2. The third-order valence-electron chi connectivity index (χ3n) is 5.95. The van der Waals surface area contributed by atoms with Crippen LogP contribution in [0, 0.1) is 0 Å². The Kier molecular flexibility index (Phi) is 7.36. The predicted molar refractivity (Wildman–Crippen MR) is 132 cm³/mol. The van der Waals surface area contributed by atoms with Crippen molar-refractivity contribution in [2.24, 2.45) is 0 Å². The van der Waals surface area contributed by atoms with Crippen molar-refractivity contribution in [2.75, 3.05) is 7.11 Å². The Balaban J connectivity index is 1.37. The van der Waals surface area contributed by atoms with E-state index in [9.17, 15) is 9.59 Å². The van der Waals surface area contributed by atoms with Gasteiger partial charge < -0.3 is 10.1 Å². The van der Waals surface area contributed by atoms with E-state index in [1.807, 2.05) is 0 Å². The van der Waals surface area contributed by atoms with E-state index < -0.39 is 12.0 Å². The van der Waals surface area contributed by atoms with Gasteiger partial charge in [0.15, 0.2) is 0 Å². The number of rotatable bonds is 8. The number of ether oxygens (including phenoxy) is 1. The molecule has 3 aromatic rings. The van der Waals surface area contributed by atoms with E-state index in [0.717, 1.165) is 12.8 Å². The van der Waals surface area contributed by atoms with Crippen molar-refractivity contribution in [1.82, 2.24) is 5.32 Å². The second-order valence-corrected chi connectivity index (χ2v) is 9.15. The van der Waals surface area contributed by atoms with Gasteiger partial charge in [0, 0.05) is 16.5 Å². The number of halogens is 2. The molecular formula is C27H25Cl2NO3. The Morgan fingerprint density at radius 2 is 1.70 bits per heavy atom.